The van der Waals surface area contributed by atoms with Crippen molar-refractivity contribution < 1.29 is 9.53 Å². The predicted octanol–water partition coefficient (Wildman–Crippen LogP) is 7.20. The number of halogens is 1. The molecule has 0 amide bonds. The van der Waals surface area contributed by atoms with Crippen molar-refractivity contribution in [1.29, 1.82) is 0 Å². The highest BCUT2D eigenvalue weighted by Crippen LogP contribution is 2.28. The standard InChI is InChI=1S/C24H47NO2.ClH/c1-2-3-4-5-6-7-8-9-10-11-12-13-14-15-20-27-24(26)23-18-16-22(21-25)17-19-23;/h22-23H,2-21,25H2,1H3;1H. The van der Waals surface area contributed by atoms with Crippen LogP contribution < -0.4 is 5.73 Å². The summed E-state index contributed by atoms with van der Waals surface area (Å²) in [5.41, 5.74) is 5.71. The number of rotatable bonds is 17. The van der Waals surface area contributed by atoms with Crippen LogP contribution in [-0.4, -0.2) is 19.1 Å². The third kappa shape index (κ3) is 14.7. The van der Waals surface area contributed by atoms with Crippen molar-refractivity contribution in [3.05, 3.63) is 0 Å². The second-order valence-electron chi connectivity index (χ2n) is 8.72. The summed E-state index contributed by atoms with van der Waals surface area (Å²) in [4.78, 5) is 12.1. The maximum absolute atomic E-state index is 12.1. The summed E-state index contributed by atoms with van der Waals surface area (Å²) in [5, 5.41) is 0. The lowest BCUT2D eigenvalue weighted by atomic mass is 9.82. The molecule has 3 nitrogen and oxygen atoms in total. The van der Waals surface area contributed by atoms with Crippen LogP contribution in [0.25, 0.3) is 0 Å². The Balaban J connectivity index is 0.00000729. The molecule has 1 aliphatic carbocycles. The summed E-state index contributed by atoms with van der Waals surface area (Å²) < 4.78 is 5.49. The van der Waals surface area contributed by atoms with E-state index in [1.807, 2.05) is 0 Å². The molecule has 1 rings (SSSR count). The molecule has 1 fully saturated rings. The lowest BCUT2D eigenvalue weighted by molar-refractivity contribution is -0.150. The molecule has 2 N–H and O–H groups in total. The average molecular weight is 418 g/mol. The largest absolute Gasteiger partial charge is 0.465 e. The molecule has 28 heavy (non-hydrogen) atoms. The summed E-state index contributed by atoms with van der Waals surface area (Å²) in [6.07, 6.45) is 23.1. The van der Waals surface area contributed by atoms with Crippen molar-refractivity contribution in [1.82, 2.24) is 0 Å². The van der Waals surface area contributed by atoms with Crippen LogP contribution in [0.3, 0.4) is 0 Å². The monoisotopic (exact) mass is 417 g/mol. The number of hydrogen-bond acceptors (Lipinski definition) is 3. The van der Waals surface area contributed by atoms with Gasteiger partial charge in [-0.15, -0.1) is 12.4 Å². The molecule has 168 valence electrons. The van der Waals surface area contributed by atoms with Gasteiger partial charge < -0.3 is 10.5 Å². The Hall–Kier alpha value is -0.280. The van der Waals surface area contributed by atoms with Crippen molar-refractivity contribution in [2.75, 3.05) is 13.2 Å². The third-order valence-corrected chi connectivity index (χ3v) is 6.26. The highest BCUT2D eigenvalue weighted by molar-refractivity contribution is 5.85. The molecule has 0 aliphatic heterocycles. The van der Waals surface area contributed by atoms with Crippen molar-refractivity contribution in [3.63, 3.8) is 0 Å². The summed E-state index contributed by atoms with van der Waals surface area (Å²) >= 11 is 0. The summed E-state index contributed by atoms with van der Waals surface area (Å²) in [7, 11) is 0. The van der Waals surface area contributed by atoms with Gasteiger partial charge in [0.2, 0.25) is 0 Å². The maximum atomic E-state index is 12.1. The first-order valence-electron chi connectivity index (χ1n) is 12.1. The molecule has 0 aromatic rings. The van der Waals surface area contributed by atoms with E-state index in [0.29, 0.717) is 12.5 Å². The van der Waals surface area contributed by atoms with Gasteiger partial charge in [-0.05, 0) is 44.6 Å². The molecule has 1 aliphatic rings. The lowest BCUT2D eigenvalue weighted by Crippen LogP contribution is -2.27. The number of esters is 1. The molecule has 0 spiro atoms. The molecule has 0 radical (unpaired) electrons. The first kappa shape index (κ1) is 27.7. The van der Waals surface area contributed by atoms with E-state index < -0.39 is 0 Å². The molecule has 0 bridgehead atoms. The van der Waals surface area contributed by atoms with Gasteiger partial charge in [-0.25, -0.2) is 0 Å². The van der Waals surface area contributed by atoms with E-state index >= 15 is 0 Å². The first-order valence-corrected chi connectivity index (χ1v) is 12.1. The maximum Gasteiger partial charge on any atom is 0.308 e. The number of hydrogen-bond donors (Lipinski definition) is 1. The van der Waals surface area contributed by atoms with Crippen LogP contribution in [0.5, 0.6) is 0 Å². The Labute approximate surface area is 181 Å². The van der Waals surface area contributed by atoms with Crippen LogP contribution in [0.15, 0.2) is 0 Å². The first-order chi connectivity index (χ1) is 13.3. The minimum atomic E-state index is 0. The van der Waals surface area contributed by atoms with Gasteiger partial charge in [-0.3, -0.25) is 4.79 Å². The van der Waals surface area contributed by atoms with E-state index in [-0.39, 0.29) is 24.3 Å². The van der Waals surface area contributed by atoms with Gasteiger partial charge in [0, 0.05) is 0 Å². The van der Waals surface area contributed by atoms with Gasteiger partial charge in [0.15, 0.2) is 0 Å². The summed E-state index contributed by atoms with van der Waals surface area (Å²) in [5.74, 6) is 0.805. The van der Waals surface area contributed by atoms with Crippen molar-refractivity contribution in [2.24, 2.45) is 17.6 Å². The fraction of sp³-hybridized carbons (Fsp3) is 0.958. The van der Waals surface area contributed by atoms with Gasteiger partial charge in [0.05, 0.1) is 12.5 Å². The molecule has 0 atom stereocenters. The quantitative estimate of drug-likeness (QED) is 0.201. The second kappa shape index (κ2) is 20.0. The minimum Gasteiger partial charge on any atom is -0.465 e. The van der Waals surface area contributed by atoms with Gasteiger partial charge in [-0.1, -0.05) is 90.4 Å². The predicted molar refractivity (Wildman–Crippen MR) is 123 cm³/mol. The average Bonchev–Trinajstić information content (AvgIpc) is 2.70. The topological polar surface area (TPSA) is 52.3 Å². The Morgan fingerprint density at radius 1 is 0.750 bits per heavy atom. The van der Waals surface area contributed by atoms with Crippen LogP contribution in [0, 0.1) is 11.8 Å². The molecule has 0 saturated heterocycles. The Morgan fingerprint density at radius 2 is 1.18 bits per heavy atom. The Kier molecular flexibility index (Phi) is 19.8. The van der Waals surface area contributed by atoms with Crippen molar-refractivity contribution in [2.45, 2.75) is 122 Å². The summed E-state index contributed by atoms with van der Waals surface area (Å²) in [6, 6.07) is 0. The van der Waals surface area contributed by atoms with Gasteiger partial charge in [0.1, 0.15) is 0 Å². The van der Waals surface area contributed by atoms with Crippen molar-refractivity contribution in [3.8, 4) is 0 Å². The molecule has 0 aromatic carbocycles. The van der Waals surface area contributed by atoms with Crippen molar-refractivity contribution >= 4 is 18.4 Å². The van der Waals surface area contributed by atoms with E-state index in [1.54, 1.807) is 0 Å². The highest BCUT2D eigenvalue weighted by Gasteiger charge is 2.26. The number of unbranched alkanes of at least 4 members (excludes halogenated alkanes) is 13. The molecule has 1 saturated carbocycles. The van der Waals surface area contributed by atoms with Crippen LogP contribution in [0.2, 0.25) is 0 Å². The van der Waals surface area contributed by atoms with Gasteiger partial charge >= 0.3 is 5.97 Å². The van der Waals surface area contributed by atoms with Crippen LogP contribution in [0.4, 0.5) is 0 Å². The number of ether oxygens (including phenoxy) is 1. The molecular weight excluding hydrogens is 370 g/mol. The normalized spacial score (nSPS) is 19.2. The Bertz CT molecular complexity index is 343. The number of nitrogens with two attached hydrogens (primary N) is 1. The van der Waals surface area contributed by atoms with Crippen LogP contribution >= 0.6 is 12.4 Å². The number of carbonyl (C=O) groups excluding carboxylic acids is 1. The smallest absolute Gasteiger partial charge is 0.308 e. The fourth-order valence-electron chi connectivity index (χ4n) is 4.22. The van der Waals surface area contributed by atoms with Gasteiger partial charge in [0.25, 0.3) is 0 Å². The number of carbonyl (C=O) groups is 1. The molecule has 4 heteroatoms. The molecule has 0 unspecified atom stereocenters. The van der Waals surface area contributed by atoms with Gasteiger partial charge in [-0.2, -0.15) is 0 Å². The van der Waals surface area contributed by atoms with Crippen LogP contribution in [-0.2, 0) is 9.53 Å². The van der Waals surface area contributed by atoms with E-state index in [1.165, 1.54) is 83.5 Å². The highest BCUT2D eigenvalue weighted by atomic mass is 35.5. The third-order valence-electron chi connectivity index (χ3n) is 6.26. The molecular formula is C24H48ClNO2. The second-order valence-corrected chi connectivity index (χ2v) is 8.72. The fourth-order valence-corrected chi connectivity index (χ4v) is 4.22. The zero-order chi connectivity index (χ0) is 19.6. The van der Waals surface area contributed by atoms with E-state index in [9.17, 15) is 4.79 Å². The van der Waals surface area contributed by atoms with E-state index in [4.69, 9.17) is 10.5 Å². The van der Waals surface area contributed by atoms with Crippen LogP contribution in [0.1, 0.15) is 122 Å². The SMILES string of the molecule is CCCCCCCCCCCCCCCCOC(=O)C1CCC(CN)CC1.Cl. The zero-order valence-electron chi connectivity index (χ0n) is 18.6. The minimum absolute atomic E-state index is 0. The molecule has 0 heterocycles. The zero-order valence-corrected chi connectivity index (χ0v) is 19.4. The summed E-state index contributed by atoms with van der Waals surface area (Å²) in [6.45, 7) is 3.66. The molecule has 0 aromatic heterocycles. The van der Waals surface area contributed by atoms with E-state index in [0.717, 1.165) is 38.6 Å². The lowest BCUT2D eigenvalue weighted by Gasteiger charge is -2.26. The Morgan fingerprint density at radius 3 is 1.61 bits per heavy atom. The van der Waals surface area contributed by atoms with E-state index in [2.05, 4.69) is 6.92 Å².